The molecule has 1 aliphatic carbocycles. The Kier molecular flexibility index (Phi) is 15.7. The van der Waals surface area contributed by atoms with E-state index in [0.717, 1.165) is 5.92 Å². The zero-order valence-corrected chi connectivity index (χ0v) is 19.6. The highest BCUT2D eigenvalue weighted by molar-refractivity contribution is 4.83. The van der Waals surface area contributed by atoms with E-state index in [1.165, 1.54) is 135 Å². The van der Waals surface area contributed by atoms with Gasteiger partial charge in [0.15, 0.2) is 0 Å². The van der Waals surface area contributed by atoms with E-state index in [0.29, 0.717) is 5.41 Å². The fourth-order valence-electron chi connectivity index (χ4n) is 5.44. The highest BCUT2D eigenvalue weighted by Gasteiger charge is 2.31. The molecule has 0 heterocycles. The SMILES string of the molecule is CCCCCCCCCCC1CCCC(C)(CCCCCCCCCC)C1. The molecule has 0 spiro atoms. The molecule has 1 aliphatic rings. The monoisotopic (exact) mass is 378 g/mol. The maximum atomic E-state index is 2.62. The van der Waals surface area contributed by atoms with Gasteiger partial charge in [0.05, 0.1) is 0 Å². The smallest absolute Gasteiger partial charge is 0.0323 e. The van der Waals surface area contributed by atoms with E-state index in [1.54, 1.807) is 6.42 Å². The Balaban J connectivity index is 2.02. The van der Waals surface area contributed by atoms with E-state index >= 15 is 0 Å². The summed E-state index contributed by atoms with van der Waals surface area (Å²) in [5, 5.41) is 0. The molecule has 1 rings (SSSR count). The summed E-state index contributed by atoms with van der Waals surface area (Å²) in [5.74, 6) is 1.05. The van der Waals surface area contributed by atoms with Crippen molar-refractivity contribution < 1.29 is 0 Å². The molecule has 0 bridgehead atoms. The lowest BCUT2D eigenvalue weighted by atomic mass is 9.67. The van der Waals surface area contributed by atoms with E-state index < -0.39 is 0 Å². The van der Waals surface area contributed by atoms with Crippen LogP contribution in [0.3, 0.4) is 0 Å². The Labute approximate surface area is 173 Å². The van der Waals surface area contributed by atoms with Gasteiger partial charge in [-0.25, -0.2) is 0 Å². The second-order valence-corrected chi connectivity index (χ2v) is 10.3. The summed E-state index contributed by atoms with van der Waals surface area (Å²) in [5.41, 5.74) is 0.686. The molecule has 1 fully saturated rings. The summed E-state index contributed by atoms with van der Waals surface area (Å²) in [4.78, 5) is 0. The van der Waals surface area contributed by atoms with Crippen molar-refractivity contribution >= 4 is 0 Å². The summed E-state index contributed by atoms with van der Waals surface area (Å²) >= 11 is 0. The van der Waals surface area contributed by atoms with Crippen LogP contribution in [0.5, 0.6) is 0 Å². The Morgan fingerprint density at radius 2 is 1.11 bits per heavy atom. The highest BCUT2D eigenvalue weighted by atomic mass is 14.4. The molecule has 0 N–H and O–H groups in total. The van der Waals surface area contributed by atoms with Crippen LogP contribution in [-0.2, 0) is 0 Å². The molecule has 0 heteroatoms. The zero-order valence-electron chi connectivity index (χ0n) is 19.6. The number of hydrogen-bond donors (Lipinski definition) is 0. The minimum absolute atomic E-state index is 0.686. The summed E-state index contributed by atoms with van der Waals surface area (Å²) in [6.07, 6.45) is 32.6. The van der Waals surface area contributed by atoms with Gasteiger partial charge < -0.3 is 0 Å². The van der Waals surface area contributed by atoms with Crippen molar-refractivity contribution in [2.75, 3.05) is 0 Å². The van der Waals surface area contributed by atoms with Gasteiger partial charge in [-0.3, -0.25) is 0 Å². The van der Waals surface area contributed by atoms with Crippen LogP contribution in [0, 0.1) is 11.3 Å². The summed E-state index contributed by atoms with van der Waals surface area (Å²) in [6, 6.07) is 0. The van der Waals surface area contributed by atoms with E-state index in [4.69, 9.17) is 0 Å². The van der Waals surface area contributed by atoms with Crippen LogP contribution in [-0.4, -0.2) is 0 Å². The van der Waals surface area contributed by atoms with Gasteiger partial charge in [0, 0.05) is 0 Å². The van der Waals surface area contributed by atoms with Crippen LogP contribution < -0.4 is 0 Å². The Bertz CT molecular complexity index is 307. The average molecular weight is 379 g/mol. The maximum Gasteiger partial charge on any atom is -0.0323 e. The van der Waals surface area contributed by atoms with E-state index in [-0.39, 0.29) is 0 Å². The highest BCUT2D eigenvalue weighted by Crippen LogP contribution is 2.44. The maximum absolute atomic E-state index is 2.62. The van der Waals surface area contributed by atoms with Crippen molar-refractivity contribution in [3.05, 3.63) is 0 Å². The first-order valence-electron chi connectivity index (χ1n) is 13.2. The first kappa shape index (κ1) is 25.0. The van der Waals surface area contributed by atoms with Crippen LogP contribution in [0.4, 0.5) is 0 Å². The third-order valence-electron chi connectivity index (χ3n) is 7.27. The van der Waals surface area contributed by atoms with Crippen molar-refractivity contribution in [1.29, 1.82) is 0 Å². The van der Waals surface area contributed by atoms with Crippen molar-refractivity contribution in [3.8, 4) is 0 Å². The summed E-state index contributed by atoms with van der Waals surface area (Å²) in [6.45, 7) is 7.24. The van der Waals surface area contributed by atoms with E-state index in [9.17, 15) is 0 Å². The zero-order chi connectivity index (χ0) is 19.6. The topological polar surface area (TPSA) is 0 Å². The molecule has 0 aliphatic heterocycles. The normalized spacial score (nSPS) is 23.0. The molecular weight excluding hydrogens is 324 g/mol. The Hall–Kier alpha value is 0. The molecule has 0 amide bonds. The minimum Gasteiger partial charge on any atom is -0.0654 e. The molecule has 0 aromatic heterocycles. The van der Waals surface area contributed by atoms with Crippen molar-refractivity contribution in [1.82, 2.24) is 0 Å². The van der Waals surface area contributed by atoms with E-state index in [2.05, 4.69) is 20.8 Å². The van der Waals surface area contributed by atoms with Crippen molar-refractivity contribution in [3.63, 3.8) is 0 Å². The van der Waals surface area contributed by atoms with Crippen LogP contribution in [0.25, 0.3) is 0 Å². The van der Waals surface area contributed by atoms with Gasteiger partial charge in [-0.05, 0) is 30.6 Å². The van der Waals surface area contributed by atoms with Gasteiger partial charge in [-0.2, -0.15) is 0 Å². The first-order chi connectivity index (χ1) is 13.2. The summed E-state index contributed by atoms with van der Waals surface area (Å²) < 4.78 is 0. The molecule has 0 aromatic rings. The van der Waals surface area contributed by atoms with Crippen LogP contribution in [0.1, 0.15) is 162 Å². The standard InChI is InChI=1S/C27H54/c1-4-6-8-10-12-14-16-18-21-26-22-20-24-27(3,25-26)23-19-17-15-13-11-9-7-5-2/h26H,4-25H2,1-3H3. The van der Waals surface area contributed by atoms with Gasteiger partial charge >= 0.3 is 0 Å². The molecule has 0 nitrogen and oxygen atoms in total. The lowest BCUT2D eigenvalue weighted by molar-refractivity contribution is 0.135. The molecule has 2 unspecified atom stereocenters. The predicted octanol–water partition coefficient (Wildman–Crippen LogP) is 10.2. The molecule has 0 aromatic carbocycles. The van der Waals surface area contributed by atoms with Crippen molar-refractivity contribution in [2.45, 2.75) is 162 Å². The van der Waals surface area contributed by atoms with Gasteiger partial charge in [0.25, 0.3) is 0 Å². The molecule has 2 atom stereocenters. The lowest BCUT2D eigenvalue weighted by Crippen LogP contribution is -2.25. The number of rotatable bonds is 18. The Morgan fingerprint density at radius 3 is 1.67 bits per heavy atom. The van der Waals surface area contributed by atoms with Crippen LogP contribution in [0.2, 0.25) is 0 Å². The third kappa shape index (κ3) is 13.8. The molecule has 1 saturated carbocycles. The molecule has 162 valence electrons. The minimum atomic E-state index is 0.686. The van der Waals surface area contributed by atoms with Crippen molar-refractivity contribution in [2.24, 2.45) is 11.3 Å². The fraction of sp³-hybridized carbons (Fsp3) is 1.00. The quantitative estimate of drug-likeness (QED) is 0.208. The van der Waals surface area contributed by atoms with Crippen LogP contribution in [0.15, 0.2) is 0 Å². The molecular formula is C27H54. The Morgan fingerprint density at radius 1 is 0.630 bits per heavy atom. The van der Waals surface area contributed by atoms with Gasteiger partial charge in [0.1, 0.15) is 0 Å². The fourth-order valence-corrected chi connectivity index (χ4v) is 5.44. The van der Waals surface area contributed by atoms with Gasteiger partial charge in [0.2, 0.25) is 0 Å². The van der Waals surface area contributed by atoms with E-state index in [1.807, 2.05) is 0 Å². The lowest BCUT2D eigenvalue weighted by Gasteiger charge is -2.38. The predicted molar refractivity (Wildman–Crippen MR) is 125 cm³/mol. The average Bonchev–Trinajstić information content (AvgIpc) is 2.66. The third-order valence-corrected chi connectivity index (χ3v) is 7.27. The second-order valence-electron chi connectivity index (χ2n) is 10.3. The number of unbranched alkanes of at least 4 members (excludes halogenated alkanes) is 14. The molecule has 0 saturated heterocycles. The second kappa shape index (κ2) is 16.9. The summed E-state index contributed by atoms with van der Waals surface area (Å²) in [7, 11) is 0. The molecule has 27 heavy (non-hydrogen) atoms. The van der Waals surface area contributed by atoms with Crippen LogP contribution >= 0.6 is 0 Å². The molecule has 0 radical (unpaired) electrons. The largest absolute Gasteiger partial charge is 0.0654 e. The van der Waals surface area contributed by atoms with Gasteiger partial charge in [-0.15, -0.1) is 0 Å². The van der Waals surface area contributed by atoms with Gasteiger partial charge in [-0.1, -0.05) is 143 Å². The number of hydrogen-bond acceptors (Lipinski definition) is 0. The first-order valence-corrected chi connectivity index (χ1v) is 13.2.